The van der Waals surface area contributed by atoms with Gasteiger partial charge in [0.05, 0.1) is 52.4 Å². The Kier molecular flexibility index (Phi) is 10.3. The Morgan fingerprint density at radius 2 is 0.694 bits per heavy atom. The van der Waals surface area contributed by atoms with Gasteiger partial charge in [0.1, 0.15) is 30.6 Å². The average Bonchev–Trinajstić information content (AvgIpc) is 3.48. The minimum Gasteiger partial charge on any atom is -0.465 e. The second-order valence-electron chi connectivity index (χ2n) is 6.05. The van der Waals surface area contributed by atoms with Crippen molar-refractivity contribution in [2.24, 2.45) is 0 Å². The monoisotopic (exact) mass is 578 g/mol. The van der Waals surface area contributed by atoms with E-state index in [1.807, 2.05) is 0 Å². The van der Waals surface area contributed by atoms with Gasteiger partial charge in [-0.05, 0) is 21.6 Å². The van der Waals surface area contributed by atoms with Crippen LogP contribution in [0.2, 0.25) is 0 Å². The number of ether oxygens (including phenoxy) is 6. The van der Waals surface area contributed by atoms with Crippen LogP contribution < -0.4 is 0 Å². The Bertz CT molecular complexity index is 1130. The molecule has 0 unspecified atom stereocenters. The summed E-state index contributed by atoms with van der Waals surface area (Å²) in [5.41, 5.74) is -0.565. The van der Waals surface area contributed by atoms with E-state index in [-0.39, 0.29) is 40.4 Å². The van der Waals surface area contributed by atoms with Crippen LogP contribution in [-0.4, -0.2) is 78.5 Å². The molecule has 16 heteroatoms. The standard InChI is InChI=1S/C20H18O12S4/c1-27-15(21)7-9(13(19(25)31-5)33-11(7)17(23)29-3)35-36-10-8(16(22)28-2)12(18(24)30-4)34-14(10)20(26)32-6/h1-6H3. The van der Waals surface area contributed by atoms with Crippen LogP contribution in [0, 0.1) is 0 Å². The van der Waals surface area contributed by atoms with Gasteiger partial charge in [-0.2, -0.15) is 0 Å². The molecule has 2 heterocycles. The highest BCUT2D eigenvalue weighted by Crippen LogP contribution is 2.50. The van der Waals surface area contributed by atoms with Crippen molar-refractivity contribution in [3.63, 3.8) is 0 Å². The Labute approximate surface area is 219 Å². The molecule has 194 valence electrons. The summed E-state index contributed by atoms with van der Waals surface area (Å²) in [7, 11) is 8.01. The van der Waals surface area contributed by atoms with E-state index >= 15 is 0 Å². The fraction of sp³-hybridized carbons (Fsp3) is 0.300. The smallest absolute Gasteiger partial charge is 0.349 e. The number of esters is 6. The van der Waals surface area contributed by atoms with Crippen LogP contribution in [0.5, 0.6) is 0 Å². The predicted molar refractivity (Wildman–Crippen MR) is 128 cm³/mol. The molecule has 12 nitrogen and oxygen atoms in total. The zero-order valence-corrected chi connectivity index (χ0v) is 22.8. The number of hydrogen-bond donors (Lipinski definition) is 0. The van der Waals surface area contributed by atoms with E-state index in [1.165, 1.54) is 0 Å². The highest BCUT2D eigenvalue weighted by Gasteiger charge is 2.36. The topological polar surface area (TPSA) is 158 Å². The molecule has 0 fully saturated rings. The number of thiophene rings is 2. The molecule has 0 aliphatic carbocycles. The molecule has 0 saturated heterocycles. The van der Waals surface area contributed by atoms with Crippen LogP contribution in [0.4, 0.5) is 0 Å². The summed E-state index contributed by atoms with van der Waals surface area (Å²) in [4.78, 5) is 73.9. The van der Waals surface area contributed by atoms with Crippen LogP contribution in [0.25, 0.3) is 0 Å². The largest absolute Gasteiger partial charge is 0.465 e. The molecule has 2 aromatic heterocycles. The molecular weight excluding hydrogens is 560 g/mol. The number of rotatable bonds is 9. The lowest BCUT2D eigenvalue weighted by atomic mass is 10.2. The van der Waals surface area contributed by atoms with Crippen molar-refractivity contribution in [1.29, 1.82) is 0 Å². The van der Waals surface area contributed by atoms with Crippen LogP contribution in [-0.2, 0) is 28.4 Å². The fourth-order valence-electron chi connectivity index (χ4n) is 2.58. The molecule has 2 aromatic rings. The predicted octanol–water partition coefficient (Wildman–Crippen LogP) is 3.33. The molecule has 0 atom stereocenters. The van der Waals surface area contributed by atoms with Gasteiger partial charge >= 0.3 is 35.8 Å². The molecule has 0 aromatic carbocycles. The number of methoxy groups -OCH3 is 6. The SMILES string of the molecule is COC(=O)c1sc(C(=O)OC)c(C(=O)OC)c1SSc1c(C(=O)OC)sc(C(=O)OC)c1C(=O)OC. The van der Waals surface area contributed by atoms with Crippen molar-refractivity contribution in [3.8, 4) is 0 Å². The van der Waals surface area contributed by atoms with Crippen molar-refractivity contribution >= 4 is 80.1 Å². The molecule has 0 aliphatic heterocycles. The number of carbonyl (C=O) groups excluding carboxylic acids is 6. The lowest BCUT2D eigenvalue weighted by Crippen LogP contribution is -2.10. The van der Waals surface area contributed by atoms with E-state index in [1.54, 1.807) is 0 Å². The Balaban J connectivity index is 2.78. The Hall–Kier alpha value is -3.08. The van der Waals surface area contributed by atoms with Crippen molar-refractivity contribution in [2.45, 2.75) is 9.79 Å². The summed E-state index contributed by atoms with van der Waals surface area (Å²) in [6, 6.07) is 0. The Morgan fingerprint density at radius 1 is 0.444 bits per heavy atom. The lowest BCUT2D eigenvalue weighted by molar-refractivity contribution is 0.0555. The summed E-state index contributed by atoms with van der Waals surface area (Å²) in [5, 5.41) is 0. The van der Waals surface area contributed by atoms with Crippen LogP contribution in [0.15, 0.2) is 9.79 Å². The molecule has 0 amide bonds. The van der Waals surface area contributed by atoms with Gasteiger partial charge in [-0.15, -0.1) is 22.7 Å². The second kappa shape index (κ2) is 12.8. The molecule has 2 rings (SSSR count). The molecule has 0 radical (unpaired) electrons. The highest BCUT2D eigenvalue weighted by atomic mass is 33.1. The summed E-state index contributed by atoms with van der Waals surface area (Å²) in [5.74, 6) is -5.46. The van der Waals surface area contributed by atoms with E-state index in [0.29, 0.717) is 22.7 Å². The molecule has 0 spiro atoms. The number of hydrogen-bond acceptors (Lipinski definition) is 16. The van der Waals surface area contributed by atoms with Gasteiger partial charge < -0.3 is 28.4 Å². The normalized spacial score (nSPS) is 10.3. The first-order chi connectivity index (χ1) is 17.1. The van der Waals surface area contributed by atoms with Gasteiger partial charge in [-0.25, -0.2) is 28.8 Å². The van der Waals surface area contributed by atoms with Gasteiger partial charge in [0.25, 0.3) is 0 Å². The minimum absolute atomic E-state index is 0.0541. The fourth-order valence-corrected chi connectivity index (χ4v) is 8.08. The van der Waals surface area contributed by atoms with E-state index < -0.39 is 35.8 Å². The summed E-state index contributed by atoms with van der Waals surface area (Å²) >= 11 is 1.27. The number of carbonyl (C=O) groups is 6. The quantitative estimate of drug-likeness (QED) is 0.242. The average molecular weight is 579 g/mol. The van der Waals surface area contributed by atoms with Crippen molar-refractivity contribution in [2.75, 3.05) is 42.7 Å². The van der Waals surface area contributed by atoms with Crippen molar-refractivity contribution in [1.82, 2.24) is 0 Å². The van der Waals surface area contributed by atoms with Gasteiger partial charge in [-0.1, -0.05) is 0 Å². The van der Waals surface area contributed by atoms with E-state index in [4.69, 9.17) is 28.4 Å². The third-order valence-electron chi connectivity index (χ3n) is 4.20. The van der Waals surface area contributed by atoms with E-state index in [9.17, 15) is 28.8 Å². The van der Waals surface area contributed by atoms with Gasteiger partial charge in [0, 0.05) is 0 Å². The van der Waals surface area contributed by atoms with E-state index in [0.717, 1.165) is 64.2 Å². The lowest BCUT2D eigenvalue weighted by Gasteiger charge is -2.08. The zero-order chi connectivity index (χ0) is 27.2. The second-order valence-corrected chi connectivity index (χ2v) is 10.2. The van der Waals surface area contributed by atoms with Crippen LogP contribution >= 0.6 is 44.3 Å². The molecule has 0 bridgehead atoms. The first-order valence-electron chi connectivity index (χ1n) is 9.29. The molecule has 0 N–H and O–H groups in total. The zero-order valence-electron chi connectivity index (χ0n) is 19.5. The van der Waals surface area contributed by atoms with Gasteiger partial charge in [0.2, 0.25) is 0 Å². The maximum Gasteiger partial charge on any atom is 0.349 e. The minimum atomic E-state index is -0.952. The van der Waals surface area contributed by atoms with Gasteiger partial charge in [0.15, 0.2) is 0 Å². The first kappa shape index (κ1) is 29.2. The third kappa shape index (κ3) is 5.66. The maximum absolute atomic E-state index is 12.6. The summed E-state index contributed by atoms with van der Waals surface area (Å²) in [6.07, 6.45) is 0. The van der Waals surface area contributed by atoms with Crippen molar-refractivity contribution in [3.05, 3.63) is 30.6 Å². The van der Waals surface area contributed by atoms with Crippen molar-refractivity contribution < 1.29 is 57.2 Å². The highest BCUT2D eigenvalue weighted by molar-refractivity contribution is 8.76. The maximum atomic E-state index is 12.6. The third-order valence-corrected chi connectivity index (χ3v) is 9.24. The summed E-state index contributed by atoms with van der Waals surface area (Å²) < 4.78 is 28.5. The summed E-state index contributed by atoms with van der Waals surface area (Å²) in [6.45, 7) is 0. The van der Waals surface area contributed by atoms with Crippen LogP contribution in [0.1, 0.15) is 59.4 Å². The molecule has 0 aliphatic rings. The molecular formula is C20H18O12S4. The van der Waals surface area contributed by atoms with Gasteiger partial charge in [-0.3, -0.25) is 0 Å². The Morgan fingerprint density at radius 3 is 0.944 bits per heavy atom. The molecule has 0 saturated carbocycles. The molecule has 36 heavy (non-hydrogen) atoms. The first-order valence-corrected chi connectivity index (χ1v) is 13.1. The van der Waals surface area contributed by atoms with Crippen LogP contribution in [0.3, 0.4) is 0 Å². The van der Waals surface area contributed by atoms with E-state index in [2.05, 4.69) is 0 Å².